The minimum atomic E-state index is -0.515. The summed E-state index contributed by atoms with van der Waals surface area (Å²) in [5, 5.41) is 9.70. The highest BCUT2D eigenvalue weighted by atomic mass is 79.9. The third-order valence-corrected chi connectivity index (χ3v) is 3.61. The molecule has 112 valence electrons. The number of amides is 1. The van der Waals surface area contributed by atoms with Crippen LogP contribution in [0.3, 0.4) is 0 Å². The number of aromatic nitrogens is 3. The van der Waals surface area contributed by atoms with Crippen molar-refractivity contribution in [3.8, 4) is 11.4 Å². The topological polar surface area (TPSA) is 96.7 Å². The second kappa shape index (κ2) is 6.82. The lowest BCUT2D eigenvalue weighted by molar-refractivity contribution is -0.123. The van der Waals surface area contributed by atoms with Crippen LogP contribution in [0.1, 0.15) is 19.7 Å². The minimum Gasteiger partial charge on any atom is -0.347 e. The van der Waals surface area contributed by atoms with E-state index in [4.69, 9.17) is 5.73 Å². The zero-order valence-corrected chi connectivity index (χ0v) is 13.5. The number of hydrogen-bond donors (Lipinski definition) is 3. The van der Waals surface area contributed by atoms with Crippen molar-refractivity contribution in [2.75, 3.05) is 0 Å². The molecule has 0 unspecified atom stereocenters. The third-order valence-electron chi connectivity index (χ3n) is 3.09. The first-order valence-corrected chi connectivity index (χ1v) is 7.47. The highest BCUT2D eigenvalue weighted by molar-refractivity contribution is 9.10. The fraction of sp³-hybridized carbons (Fsp3) is 0.357. The molecule has 1 aromatic heterocycles. The van der Waals surface area contributed by atoms with Crippen LogP contribution in [0.25, 0.3) is 11.4 Å². The highest BCUT2D eigenvalue weighted by Gasteiger charge is 2.17. The number of H-pyrrole nitrogens is 1. The van der Waals surface area contributed by atoms with Crippen molar-refractivity contribution in [3.63, 3.8) is 0 Å². The van der Waals surface area contributed by atoms with Gasteiger partial charge in [-0.15, -0.1) is 0 Å². The van der Waals surface area contributed by atoms with Gasteiger partial charge in [-0.2, -0.15) is 5.10 Å². The number of nitrogens with zero attached hydrogens (tertiary/aromatic N) is 2. The molecule has 2 aromatic rings. The Bertz CT molecular complexity index is 608. The van der Waals surface area contributed by atoms with E-state index in [1.807, 2.05) is 38.1 Å². The van der Waals surface area contributed by atoms with Gasteiger partial charge < -0.3 is 11.1 Å². The van der Waals surface area contributed by atoms with Crippen LogP contribution in [0.15, 0.2) is 28.7 Å². The van der Waals surface area contributed by atoms with Crippen LogP contribution in [0.5, 0.6) is 0 Å². The molecule has 1 aromatic carbocycles. The minimum absolute atomic E-state index is 0.0954. The second-order valence-electron chi connectivity index (χ2n) is 5.10. The Morgan fingerprint density at radius 2 is 2.05 bits per heavy atom. The molecular formula is C14H18BrN5O. The van der Waals surface area contributed by atoms with E-state index in [0.29, 0.717) is 11.6 Å². The van der Waals surface area contributed by atoms with E-state index in [2.05, 4.69) is 36.4 Å². The normalized spacial score (nSPS) is 12.4. The van der Waals surface area contributed by atoms with E-state index in [1.165, 1.54) is 0 Å². The molecule has 0 aliphatic carbocycles. The summed E-state index contributed by atoms with van der Waals surface area (Å²) in [4.78, 5) is 16.1. The summed E-state index contributed by atoms with van der Waals surface area (Å²) in [7, 11) is 0. The molecule has 6 nitrogen and oxygen atoms in total. The van der Waals surface area contributed by atoms with Gasteiger partial charge in [-0.1, -0.05) is 41.9 Å². The first kappa shape index (κ1) is 15.7. The van der Waals surface area contributed by atoms with Gasteiger partial charge in [-0.3, -0.25) is 9.89 Å². The number of hydrogen-bond acceptors (Lipinski definition) is 4. The van der Waals surface area contributed by atoms with Crippen LogP contribution in [-0.2, 0) is 11.3 Å². The van der Waals surface area contributed by atoms with Crippen molar-refractivity contribution in [1.82, 2.24) is 20.5 Å². The molecule has 0 aliphatic heterocycles. The Morgan fingerprint density at radius 1 is 1.38 bits per heavy atom. The van der Waals surface area contributed by atoms with E-state index in [1.54, 1.807) is 0 Å². The van der Waals surface area contributed by atoms with E-state index in [0.717, 1.165) is 10.0 Å². The Balaban J connectivity index is 1.97. The average molecular weight is 352 g/mol. The number of nitrogens with one attached hydrogen (secondary N) is 2. The molecule has 1 heterocycles. The van der Waals surface area contributed by atoms with Crippen molar-refractivity contribution < 1.29 is 4.79 Å². The molecule has 1 atom stereocenters. The maximum Gasteiger partial charge on any atom is 0.237 e. The molecule has 4 N–H and O–H groups in total. The summed E-state index contributed by atoms with van der Waals surface area (Å²) in [6.07, 6.45) is 0. The zero-order chi connectivity index (χ0) is 15.4. The molecule has 0 fully saturated rings. The molecule has 0 aliphatic rings. The summed E-state index contributed by atoms with van der Waals surface area (Å²) in [5.41, 5.74) is 6.68. The molecule has 0 saturated carbocycles. The average Bonchev–Trinajstić information content (AvgIpc) is 2.93. The van der Waals surface area contributed by atoms with Crippen LogP contribution in [0.4, 0.5) is 0 Å². The van der Waals surface area contributed by atoms with Crippen molar-refractivity contribution in [3.05, 3.63) is 34.6 Å². The van der Waals surface area contributed by atoms with Crippen LogP contribution >= 0.6 is 15.9 Å². The van der Waals surface area contributed by atoms with Gasteiger partial charge in [0.05, 0.1) is 12.6 Å². The van der Waals surface area contributed by atoms with Gasteiger partial charge in [-0.25, -0.2) is 4.98 Å². The number of carbonyl (C=O) groups is 1. The van der Waals surface area contributed by atoms with Gasteiger partial charge in [0.15, 0.2) is 5.82 Å². The number of benzene rings is 1. The predicted octanol–water partition coefficient (Wildman–Crippen LogP) is 1.83. The van der Waals surface area contributed by atoms with Crippen LogP contribution in [-0.4, -0.2) is 27.1 Å². The fourth-order valence-corrected chi connectivity index (χ4v) is 1.96. The lowest BCUT2D eigenvalue weighted by Crippen LogP contribution is -2.43. The van der Waals surface area contributed by atoms with Crippen LogP contribution in [0.2, 0.25) is 0 Å². The first-order valence-electron chi connectivity index (χ1n) is 6.68. The Morgan fingerprint density at radius 3 is 2.67 bits per heavy atom. The standard InChI is InChI=1S/C14H18BrN5O/c1-8(2)12(16)14(21)17-7-11-18-13(20-19-11)9-3-5-10(15)6-4-9/h3-6,8,12H,7,16H2,1-2H3,(H,17,21)(H,18,19,20)/t12-/m0/s1. The third kappa shape index (κ3) is 4.12. The van der Waals surface area contributed by atoms with Gasteiger partial charge >= 0.3 is 0 Å². The maximum absolute atomic E-state index is 11.8. The largest absolute Gasteiger partial charge is 0.347 e. The van der Waals surface area contributed by atoms with Crippen molar-refractivity contribution in [2.45, 2.75) is 26.4 Å². The molecule has 1 amide bonds. The number of rotatable bonds is 5. The molecule has 0 radical (unpaired) electrons. The molecule has 2 rings (SSSR count). The Kier molecular flexibility index (Phi) is 5.08. The predicted molar refractivity (Wildman–Crippen MR) is 84.2 cm³/mol. The SMILES string of the molecule is CC(C)[C@H](N)C(=O)NCc1nc(-c2ccc(Br)cc2)n[nH]1. The van der Waals surface area contributed by atoms with Gasteiger partial charge in [-0.05, 0) is 18.1 Å². The molecule has 0 bridgehead atoms. The molecule has 21 heavy (non-hydrogen) atoms. The van der Waals surface area contributed by atoms with Crippen molar-refractivity contribution in [1.29, 1.82) is 0 Å². The quantitative estimate of drug-likeness (QED) is 0.765. The van der Waals surface area contributed by atoms with E-state index in [9.17, 15) is 4.79 Å². The van der Waals surface area contributed by atoms with Gasteiger partial charge in [0, 0.05) is 10.0 Å². The summed E-state index contributed by atoms with van der Waals surface area (Å²) in [6, 6.07) is 7.18. The molecular weight excluding hydrogens is 334 g/mol. The van der Waals surface area contributed by atoms with Gasteiger partial charge in [0.1, 0.15) is 5.82 Å². The lowest BCUT2D eigenvalue weighted by Gasteiger charge is -2.14. The lowest BCUT2D eigenvalue weighted by atomic mass is 10.1. The second-order valence-corrected chi connectivity index (χ2v) is 6.02. The number of carbonyl (C=O) groups excluding carboxylic acids is 1. The van der Waals surface area contributed by atoms with Gasteiger partial charge in [0.2, 0.25) is 5.91 Å². The van der Waals surface area contributed by atoms with Gasteiger partial charge in [0.25, 0.3) is 0 Å². The number of halogens is 1. The Labute approximate surface area is 131 Å². The van der Waals surface area contributed by atoms with E-state index >= 15 is 0 Å². The van der Waals surface area contributed by atoms with Crippen LogP contribution < -0.4 is 11.1 Å². The highest BCUT2D eigenvalue weighted by Crippen LogP contribution is 2.18. The summed E-state index contributed by atoms with van der Waals surface area (Å²) < 4.78 is 0.997. The monoisotopic (exact) mass is 351 g/mol. The van der Waals surface area contributed by atoms with Crippen molar-refractivity contribution >= 4 is 21.8 Å². The smallest absolute Gasteiger partial charge is 0.237 e. The van der Waals surface area contributed by atoms with Crippen LogP contribution in [0, 0.1) is 5.92 Å². The molecule has 7 heteroatoms. The molecule has 0 spiro atoms. The van der Waals surface area contributed by atoms with E-state index < -0.39 is 6.04 Å². The number of aromatic amines is 1. The zero-order valence-electron chi connectivity index (χ0n) is 11.9. The number of nitrogens with two attached hydrogens (primary N) is 1. The summed E-state index contributed by atoms with van der Waals surface area (Å²) in [5.74, 6) is 1.10. The molecule has 0 saturated heterocycles. The maximum atomic E-state index is 11.8. The fourth-order valence-electron chi connectivity index (χ4n) is 1.69. The Hall–Kier alpha value is -1.73. The summed E-state index contributed by atoms with van der Waals surface area (Å²) in [6.45, 7) is 4.09. The summed E-state index contributed by atoms with van der Waals surface area (Å²) >= 11 is 3.38. The van der Waals surface area contributed by atoms with E-state index in [-0.39, 0.29) is 18.4 Å². The van der Waals surface area contributed by atoms with Crippen molar-refractivity contribution in [2.24, 2.45) is 11.7 Å². The first-order chi connectivity index (χ1) is 9.97.